The van der Waals surface area contributed by atoms with Crippen molar-refractivity contribution in [2.24, 2.45) is 17.6 Å². The van der Waals surface area contributed by atoms with Gasteiger partial charge >= 0.3 is 5.97 Å². The van der Waals surface area contributed by atoms with E-state index < -0.39 is 69.8 Å². The number of ether oxygens (including phenoxy) is 1. The highest BCUT2D eigenvalue weighted by Gasteiger charge is 2.64. The molecule has 0 aliphatic heterocycles. The van der Waals surface area contributed by atoms with E-state index in [2.05, 4.69) is 16.6 Å². The monoisotopic (exact) mass is 539 g/mol. The van der Waals surface area contributed by atoms with Gasteiger partial charge in [-0.15, -0.1) is 0 Å². The molecule has 1 aromatic rings. The maximum atomic E-state index is 13.9. The van der Waals surface area contributed by atoms with Crippen molar-refractivity contribution < 1.29 is 44.3 Å². The number of Topliss-reactive ketones (excluding diaryl/α,β-unsaturated/α-hetero) is 2. The van der Waals surface area contributed by atoms with E-state index in [1.165, 1.54) is 25.1 Å². The zero-order valence-electron chi connectivity index (χ0n) is 22.0. The number of aliphatic hydroxyl groups is 3. The molecule has 4 rings (SSSR count). The van der Waals surface area contributed by atoms with Crippen molar-refractivity contribution >= 4 is 34.9 Å². The number of esters is 1. The Bertz CT molecular complexity index is 1460. The molecule has 6 N–H and O–H groups in total. The number of aliphatic hydroxyl groups excluding tert-OH is 2. The van der Waals surface area contributed by atoms with Gasteiger partial charge in [0.2, 0.25) is 5.78 Å². The largest absolute Gasteiger partial charge is 0.508 e. The third kappa shape index (κ3) is 3.93. The van der Waals surface area contributed by atoms with Gasteiger partial charge in [-0.1, -0.05) is 5.92 Å². The third-order valence-corrected chi connectivity index (χ3v) is 7.66. The Morgan fingerprint density at radius 1 is 1.15 bits per heavy atom. The standard InChI is InChI=1S/C27H29N3O9/c1-29(2)15-10-11(6-7-16(31)39-5)21(32)18-13(15)8-12-9-14-20(30(3)4)23(34)19(26(28)37)25(36)27(14,38)24(35)17(12)22(18)33/h10,12,14,20,32-33,36,38H,8-9H2,1-5H3,(H2,28,37)/t12-,14-,20?,27-/m0/s1. The molecule has 0 saturated heterocycles. The number of hydrogen-bond acceptors (Lipinski definition) is 11. The molecule has 1 fully saturated rings. The molecule has 1 saturated carbocycles. The van der Waals surface area contributed by atoms with Gasteiger partial charge in [0.25, 0.3) is 5.91 Å². The number of phenols is 1. The number of nitrogens with zero attached hydrogens (tertiary/aromatic N) is 2. The third-order valence-electron chi connectivity index (χ3n) is 7.66. The van der Waals surface area contributed by atoms with Crippen molar-refractivity contribution in [1.82, 2.24) is 4.90 Å². The maximum absolute atomic E-state index is 13.9. The van der Waals surface area contributed by atoms with Gasteiger partial charge in [-0.2, -0.15) is 0 Å². The smallest absolute Gasteiger partial charge is 0.384 e. The first kappa shape index (κ1) is 27.7. The Balaban J connectivity index is 2.00. The van der Waals surface area contributed by atoms with Crippen molar-refractivity contribution in [2.45, 2.75) is 24.5 Å². The summed E-state index contributed by atoms with van der Waals surface area (Å²) in [4.78, 5) is 53.9. The van der Waals surface area contributed by atoms with Gasteiger partial charge in [-0.25, -0.2) is 4.79 Å². The van der Waals surface area contributed by atoms with E-state index in [0.717, 1.165) is 7.11 Å². The summed E-state index contributed by atoms with van der Waals surface area (Å²) in [6.07, 6.45) is 0.101. The predicted molar refractivity (Wildman–Crippen MR) is 137 cm³/mol. The number of benzene rings is 1. The Morgan fingerprint density at radius 3 is 2.33 bits per heavy atom. The molecule has 206 valence electrons. The second-order valence-corrected chi connectivity index (χ2v) is 10.2. The first-order valence-electron chi connectivity index (χ1n) is 12.0. The lowest BCUT2D eigenvalue weighted by Gasteiger charge is -2.50. The van der Waals surface area contributed by atoms with E-state index in [-0.39, 0.29) is 29.5 Å². The van der Waals surface area contributed by atoms with Crippen LogP contribution in [0.1, 0.15) is 23.1 Å². The molecule has 3 aliphatic rings. The van der Waals surface area contributed by atoms with Crippen molar-refractivity contribution in [3.8, 4) is 17.6 Å². The van der Waals surface area contributed by atoms with E-state index in [1.807, 2.05) is 0 Å². The molecule has 0 aromatic heterocycles. The average molecular weight is 540 g/mol. The van der Waals surface area contributed by atoms with Crippen molar-refractivity contribution in [1.29, 1.82) is 0 Å². The number of primary amides is 1. The van der Waals surface area contributed by atoms with Crippen LogP contribution in [0.4, 0.5) is 5.69 Å². The number of likely N-dealkylation sites (N-methyl/N-ethyl adjacent to an activating group) is 1. The van der Waals surface area contributed by atoms with E-state index in [1.54, 1.807) is 19.0 Å². The highest BCUT2D eigenvalue weighted by Crippen LogP contribution is 2.54. The molecule has 12 nitrogen and oxygen atoms in total. The lowest BCUT2D eigenvalue weighted by molar-refractivity contribution is -0.153. The van der Waals surface area contributed by atoms with Gasteiger partial charge in [-0.05, 0) is 44.5 Å². The number of carbonyl (C=O) groups excluding carboxylic acids is 4. The minimum atomic E-state index is -2.73. The van der Waals surface area contributed by atoms with Gasteiger partial charge in [0, 0.05) is 37.2 Å². The summed E-state index contributed by atoms with van der Waals surface area (Å²) in [5, 5.41) is 45.1. The van der Waals surface area contributed by atoms with Gasteiger partial charge < -0.3 is 35.8 Å². The molecule has 1 amide bonds. The van der Waals surface area contributed by atoms with Crippen LogP contribution in [0.3, 0.4) is 0 Å². The molecule has 12 heteroatoms. The zero-order chi connectivity index (χ0) is 29.1. The number of rotatable bonds is 3. The molecular formula is C27H29N3O9. The number of hydrogen-bond donors (Lipinski definition) is 5. The second kappa shape index (κ2) is 9.44. The fraction of sp³-hybridized carbons (Fsp3) is 0.407. The molecule has 1 aromatic carbocycles. The fourth-order valence-electron chi connectivity index (χ4n) is 5.96. The number of anilines is 1. The molecule has 1 unspecified atom stereocenters. The second-order valence-electron chi connectivity index (χ2n) is 10.2. The molecule has 39 heavy (non-hydrogen) atoms. The summed E-state index contributed by atoms with van der Waals surface area (Å²) in [6.45, 7) is 0. The lowest BCUT2D eigenvalue weighted by Crippen LogP contribution is -2.65. The van der Waals surface area contributed by atoms with Gasteiger partial charge in [0.05, 0.1) is 24.3 Å². The highest BCUT2D eigenvalue weighted by molar-refractivity contribution is 6.24. The topological polar surface area (TPSA) is 191 Å². The molecular weight excluding hydrogens is 510 g/mol. The first-order chi connectivity index (χ1) is 18.2. The molecule has 0 bridgehead atoms. The number of fused-ring (bicyclic) bond motifs is 3. The number of ketones is 2. The number of nitrogens with two attached hydrogens (primary N) is 1. The van der Waals surface area contributed by atoms with Crippen LogP contribution in [-0.4, -0.2) is 95.7 Å². The summed E-state index contributed by atoms with van der Waals surface area (Å²) in [6, 6.07) is 0.365. The lowest BCUT2D eigenvalue weighted by atomic mass is 9.57. The Labute approximate surface area is 223 Å². The van der Waals surface area contributed by atoms with Crippen LogP contribution in [-0.2, 0) is 30.3 Å². The van der Waals surface area contributed by atoms with Crippen LogP contribution in [0.15, 0.2) is 23.0 Å². The summed E-state index contributed by atoms with van der Waals surface area (Å²) in [5.41, 5.74) is 2.33. The number of methoxy groups -OCH3 is 1. The minimum Gasteiger partial charge on any atom is -0.508 e. The fourth-order valence-corrected chi connectivity index (χ4v) is 5.96. The molecule has 4 atom stereocenters. The summed E-state index contributed by atoms with van der Waals surface area (Å²) < 4.78 is 4.51. The molecule has 0 radical (unpaired) electrons. The van der Waals surface area contributed by atoms with Crippen molar-refractivity contribution in [3.63, 3.8) is 0 Å². The van der Waals surface area contributed by atoms with E-state index in [4.69, 9.17) is 5.73 Å². The predicted octanol–water partition coefficient (Wildman–Crippen LogP) is -0.445. The Hall–Kier alpha value is -4.34. The number of amides is 1. The number of carbonyl (C=O) groups is 4. The van der Waals surface area contributed by atoms with Crippen LogP contribution in [0.2, 0.25) is 0 Å². The SMILES string of the molecule is COC(=O)C#Cc1cc(N(C)C)c2c(c1O)C(O)=C1C(=O)[C@]3(O)C(O)=C(C(N)=O)C(=O)C(N(C)C)[C@@H]3C[C@@H]1C2. The zero-order valence-corrected chi connectivity index (χ0v) is 22.0. The van der Waals surface area contributed by atoms with Gasteiger partial charge in [0.1, 0.15) is 22.8 Å². The molecule has 3 aliphatic carbocycles. The van der Waals surface area contributed by atoms with Crippen LogP contribution < -0.4 is 10.6 Å². The minimum absolute atomic E-state index is 0.0245. The Morgan fingerprint density at radius 2 is 1.79 bits per heavy atom. The number of aromatic hydroxyl groups is 1. The van der Waals surface area contributed by atoms with Crippen molar-refractivity contribution in [3.05, 3.63) is 39.7 Å². The maximum Gasteiger partial charge on any atom is 0.384 e. The summed E-state index contributed by atoms with van der Waals surface area (Å²) >= 11 is 0. The van der Waals surface area contributed by atoms with Crippen LogP contribution in [0, 0.1) is 23.7 Å². The normalized spacial score (nSPS) is 25.9. The van der Waals surface area contributed by atoms with Crippen LogP contribution >= 0.6 is 0 Å². The Kier molecular flexibility index (Phi) is 6.70. The molecule has 0 spiro atoms. The van der Waals surface area contributed by atoms with Crippen LogP contribution in [0.25, 0.3) is 5.76 Å². The molecule has 0 heterocycles. The summed E-state index contributed by atoms with van der Waals surface area (Å²) in [7, 11) is 7.66. The first-order valence-corrected chi connectivity index (χ1v) is 12.0. The number of phenolic OH excluding ortho intramolecular Hbond substituents is 1. The van der Waals surface area contributed by atoms with E-state index >= 15 is 0 Å². The highest BCUT2D eigenvalue weighted by atomic mass is 16.5. The van der Waals surface area contributed by atoms with Gasteiger partial charge in [0.15, 0.2) is 11.4 Å². The van der Waals surface area contributed by atoms with Gasteiger partial charge in [-0.3, -0.25) is 19.3 Å². The summed E-state index contributed by atoms with van der Waals surface area (Å²) in [5.74, 6) is -3.56. The quantitative estimate of drug-likeness (QED) is 0.190. The van der Waals surface area contributed by atoms with E-state index in [0.29, 0.717) is 11.3 Å². The van der Waals surface area contributed by atoms with Crippen molar-refractivity contribution in [2.75, 3.05) is 40.2 Å². The van der Waals surface area contributed by atoms with E-state index in [9.17, 15) is 39.6 Å². The average Bonchev–Trinajstić information content (AvgIpc) is 2.84. The van der Waals surface area contributed by atoms with Crippen LogP contribution in [0.5, 0.6) is 5.75 Å².